The second-order valence-corrected chi connectivity index (χ2v) is 6.27. The topological polar surface area (TPSA) is 49.3 Å². The molecule has 0 heterocycles. The highest BCUT2D eigenvalue weighted by molar-refractivity contribution is 9.10. The maximum Gasteiger partial charge on any atom is 0.224 e. The van der Waals surface area contributed by atoms with Crippen LogP contribution in [0.1, 0.15) is 24.8 Å². The van der Waals surface area contributed by atoms with Crippen molar-refractivity contribution in [2.75, 3.05) is 6.54 Å². The molecule has 2 rings (SSSR count). The highest BCUT2D eigenvalue weighted by Gasteiger charge is 2.25. The quantitative estimate of drug-likeness (QED) is 0.880. The largest absolute Gasteiger partial charge is 0.393 e. The fraction of sp³-hybridized carbons (Fsp3) is 0.500. The Morgan fingerprint density at radius 2 is 2.26 bits per heavy atom. The lowest BCUT2D eigenvalue weighted by Gasteiger charge is -2.15. The van der Waals surface area contributed by atoms with Gasteiger partial charge in [0.1, 0.15) is 0 Å². The van der Waals surface area contributed by atoms with Gasteiger partial charge in [-0.15, -0.1) is 0 Å². The van der Waals surface area contributed by atoms with E-state index in [4.69, 9.17) is 11.6 Å². The molecule has 5 heteroatoms. The Kier molecular flexibility index (Phi) is 5.25. The van der Waals surface area contributed by atoms with Crippen molar-refractivity contribution in [2.45, 2.75) is 31.8 Å². The average molecular weight is 347 g/mol. The van der Waals surface area contributed by atoms with Gasteiger partial charge in [-0.2, -0.15) is 0 Å². The first-order valence-electron chi connectivity index (χ1n) is 6.45. The Labute approximate surface area is 126 Å². The number of carbonyl (C=O) groups is 1. The summed E-state index contributed by atoms with van der Waals surface area (Å²) < 4.78 is 0.844. The van der Waals surface area contributed by atoms with Crippen LogP contribution in [0.3, 0.4) is 0 Å². The molecule has 1 aromatic carbocycles. The molecule has 19 heavy (non-hydrogen) atoms. The van der Waals surface area contributed by atoms with Crippen molar-refractivity contribution < 1.29 is 9.90 Å². The van der Waals surface area contributed by atoms with Crippen molar-refractivity contribution in [3.63, 3.8) is 0 Å². The number of benzene rings is 1. The van der Waals surface area contributed by atoms with Gasteiger partial charge >= 0.3 is 0 Å². The predicted octanol–water partition coefficient (Wildman–Crippen LogP) is 2.92. The third-order valence-corrected chi connectivity index (χ3v) is 4.52. The molecule has 1 amide bonds. The Morgan fingerprint density at radius 1 is 1.47 bits per heavy atom. The maximum atomic E-state index is 11.9. The van der Waals surface area contributed by atoms with Gasteiger partial charge in [-0.25, -0.2) is 0 Å². The van der Waals surface area contributed by atoms with Crippen LogP contribution < -0.4 is 5.32 Å². The number of carbonyl (C=O) groups excluding carboxylic acids is 1. The molecule has 0 bridgehead atoms. The minimum Gasteiger partial charge on any atom is -0.393 e. The highest BCUT2D eigenvalue weighted by Crippen LogP contribution is 2.25. The van der Waals surface area contributed by atoms with Gasteiger partial charge in [0.2, 0.25) is 5.91 Å². The zero-order valence-electron chi connectivity index (χ0n) is 10.5. The summed E-state index contributed by atoms with van der Waals surface area (Å²) in [5, 5.41) is 13.2. The maximum absolute atomic E-state index is 11.9. The number of aliphatic hydroxyl groups is 1. The van der Waals surface area contributed by atoms with Crippen LogP contribution in [-0.2, 0) is 11.2 Å². The first-order chi connectivity index (χ1) is 9.06. The lowest BCUT2D eigenvalue weighted by molar-refractivity contribution is -0.120. The van der Waals surface area contributed by atoms with Crippen LogP contribution in [0.4, 0.5) is 0 Å². The Balaban J connectivity index is 1.84. The average Bonchev–Trinajstić information content (AvgIpc) is 2.76. The summed E-state index contributed by atoms with van der Waals surface area (Å²) in [6.07, 6.45) is 2.95. The van der Waals surface area contributed by atoms with Crippen LogP contribution in [0.2, 0.25) is 5.02 Å². The van der Waals surface area contributed by atoms with Gasteiger partial charge in [0.15, 0.2) is 0 Å². The monoisotopic (exact) mass is 345 g/mol. The van der Waals surface area contributed by atoms with Crippen molar-refractivity contribution >= 4 is 33.4 Å². The fourth-order valence-corrected chi connectivity index (χ4v) is 3.22. The van der Waals surface area contributed by atoms with E-state index in [1.807, 2.05) is 6.07 Å². The summed E-state index contributed by atoms with van der Waals surface area (Å²) in [4.78, 5) is 11.9. The number of amides is 1. The van der Waals surface area contributed by atoms with E-state index in [0.29, 0.717) is 18.0 Å². The molecule has 2 unspecified atom stereocenters. The van der Waals surface area contributed by atoms with E-state index >= 15 is 0 Å². The highest BCUT2D eigenvalue weighted by atomic mass is 79.9. The molecule has 1 aliphatic carbocycles. The minimum absolute atomic E-state index is 0.0258. The molecule has 0 radical (unpaired) electrons. The van der Waals surface area contributed by atoms with Crippen LogP contribution in [0.25, 0.3) is 0 Å². The van der Waals surface area contributed by atoms with Crippen molar-refractivity contribution in [3.8, 4) is 0 Å². The standard InChI is InChI=1S/C14H17BrClNO2/c15-12-7-11(16)5-4-9(12)6-14(19)17-8-10-2-1-3-13(10)18/h4-5,7,10,13,18H,1-3,6,8H2,(H,17,19). The fourth-order valence-electron chi connectivity index (χ4n) is 2.40. The van der Waals surface area contributed by atoms with E-state index in [1.165, 1.54) is 0 Å². The predicted molar refractivity (Wildman–Crippen MR) is 79.2 cm³/mol. The number of hydrogen-bond donors (Lipinski definition) is 2. The third kappa shape index (κ3) is 4.20. The molecular weight excluding hydrogens is 330 g/mol. The summed E-state index contributed by atoms with van der Waals surface area (Å²) in [6.45, 7) is 0.561. The second-order valence-electron chi connectivity index (χ2n) is 4.97. The SMILES string of the molecule is O=C(Cc1ccc(Cl)cc1Br)NCC1CCCC1O. The Morgan fingerprint density at radius 3 is 2.89 bits per heavy atom. The zero-order chi connectivity index (χ0) is 13.8. The van der Waals surface area contributed by atoms with Gasteiger partial charge in [-0.1, -0.05) is 40.0 Å². The van der Waals surface area contributed by atoms with Gasteiger partial charge < -0.3 is 10.4 Å². The molecular formula is C14H17BrClNO2. The molecule has 104 valence electrons. The van der Waals surface area contributed by atoms with Gasteiger partial charge in [0.25, 0.3) is 0 Å². The number of nitrogens with one attached hydrogen (secondary N) is 1. The molecule has 0 aliphatic heterocycles. The molecule has 1 saturated carbocycles. The smallest absolute Gasteiger partial charge is 0.224 e. The van der Waals surface area contributed by atoms with Crippen LogP contribution in [0, 0.1) is 5.92 Å². The zero-order valence-corrected chi connectivity index (χ0v) is 12.9. The van der Waals surface area contributed by atoms with Crippen molar-refractivity contribution in [1.29, 1.82) is 0 Å². The van der Waals surface area contributed by atoms with Gasteiger partial charge in [-0.05, 0) is 30.5 Å². The van der Waals surface area contributed by atoms with Crippen molar-refractivity contribution in [3.05, 3.63) is 33.3 Å². The van der Waals surface area contributed by atoms with Crippen LogP contribution >= 0.6 is 27.5 Å². The summed E-state index contributed by atoms with van der Waals surface area (Å²) in [7, 11) is 0. The molecule has 0 aromatic heterocycles. The Hall–Kier alpha value is -0.580. The number of hydrogen-bond acceptors (Lipinski definition) is 2. The molecule has 3 nitrogen and oxygen atoms in total. The van der Waals surface area contributed by atoms with Gasteiger partial charge in [0.05, 0.1) is 12.5 Å². The van der Waals surface area contributed by atoms with E-state index in [2.05, 4.69) is 21.2 Å². The van der Waals surface area contributed by atoms with Gasteiger partial charge in [0, 0.05) is 22.0 Å². The van der Waals surface area contributed by atoms with Gasteiger partial charge in [-0.3, -0.25) is 4.79 Å². The van der Waals surface area contributed by atoms with Crippen LogP contribution in [0.15, 0.2) is 22.7 Å². The summed E-state index contributed by atoms with van der Waals surface area (Å²) in [5.74, 6) is 0.180. The van der Waals surface area contributed by atoms with Crippen LogP contribution in [-0.4, -0.2) is 23.7 Å². The van der Waals surface area contributed by atoms with E-state index in [-0.39, 0.29) is 17.9 Å². The number of rotatable bonds is 4. The van der Waals surface area contributed by atoms with E-state index < -0.39 is 0 Å². The van der Waals surface area contributed by atoms with Crippen molar-refractivity contribution in [2.24, 2.45) is 5.92 Å². The first kappa shape index (κ1) is 14.8. The lowest BCUT2D eigenvalue weighted by Crippen LogP contribution is -2.33. The molecule has 1 aromatic rings. The molecule has 1 fully saturated rings. The lowest BCUT2D eigenvalue weighted by atomic mass is 10.1. The van der Waals surface area contributed by atoms with Crippen LogP contribution in [0.5, 0.6) is 0 Å². The minimum atomic E-state index is -0.262. The Bertz CT molecular complexity index is 467. The number of aliphatic hydroxyl groups excluding tert-OH is 1. The summed E-state index contributed by atoms with van der Waals surface area (Å²) in [5.41, 5.74) is 0.911. The molecule has 2 N–H and O–H groups in total. The van der Waals surface area contributed by atoms with Crippen molar-refractivity contribution in [1.82, 2.24) is 5.32 Å². The molecule has 1 aliphatic rings. The van der Waals surface area contributed by atoms with E-state index in [1.54, 1.807) is 12.1 Å². The van der Waals surface area contributed by atoms with E-state index in [9.17, 15) is 9.90 Å². The molecule has 2 atom stereocenters. The first-order valence-corrected chi connectivity index (χ1v) is 7.62. The summed E-state index contributed by atoms with van der Waals surface area (Å²) in [6, 6.07) is 5.40. The molecule has 0 spiro atoms. The second kappa shape index (κ2) is 6.73. The van der Waals surface area contributed by atoms with E-state index in [0.717, 1.165) is 29.3 Å². The molecule has 0 saturated heterocycles. The number of halogens is 2. The normalized spacial score (nSPS) is 22.5. The summed E-state index contributed by atoms with van der Waals surface area (Å²) >= 11 is 9.26. The third-order valence-electron chi connectivity index (χ3n) is 3.55.